The van der Waals surface area contributed by atoms with E-state index in [1.807, 2.05) is 30.3 Å². The van der Waals surface area contributed by atoms with Crippen LogP contribution in [0.15, 0.2) is 36.5 Å². The smallest absolute Gasteiger partial charge is 0.243 e. The quantitative estimate of drug-likeness (QED) is 0.850. The van der Waals surface area contributed by atoms with Gasteiger partial charge in [0.25, 0.3) is 0 Å². The molecule has 3 heterocycles. The molecule has 2 saturated heterocycles. The van der Waals surface area contributed by atoms with Gasteiger partial charge in [-0.1, -0.05) is 12.1 Å². The van der Waals surface area contributed by atoms with Gasteiger partial charge in [0.15, 0.2) is 0 Å². The summed E-state index contributed by atoms with van der Waals surface area (Å²) in [6.07, 6.45) is 3.95. The van der Waals surface area contributed by atoms with E-state index in [4.69, 9.17) is 4.74 Å². The Kier molecular flexibility index (Phi) is 4.36. The minimum absolute atomic E-state index is 0.0414. The van der Waals surface area contributed by atoms with Crippen molar-refractivity contribution >= 4 is 22.7 Å². The standard InChI is InChI=1S/C19H21N3O3/c23-18-6-3-10-22(18)19(24)13-21-11-8-14(12-21)25-17-7-9-20-16-5-2-1-4-15(16)17/h1-2,4-5,7,9,14H,3,6,8,10-13H2/t14-/m0/s1. The van der Waals surface area contributed by atoms with Crippen LogP contribution in [0.5, 0.6) is 5.75 Å². The molecule has 2 amide bonds. The van der Waals surface area contributed by atoms with Gasteiger partial charge in [-0.2, -0.15) is 0 Å². The Morgan fingerprint density at radius 2 is 2.12 bits per heavy atom. The lowest BCUT2D eigenvalue weighted by Crippen LogP contribution is -2.40. The van der Waals surface area contributed by atoms with Crippen molar-refractivity contribution in [3.63, 3.8) is 0 Å². The molecule has 1 aromatic carbocycles. The average molecular weight is 339 g/mol. The number of amides is 2. The summed E-state index contributed by atoms with van der Waals surface area (Å²) >= 11 is 0. The molecule has 1 atom stereocenters. The van der Waals surface area contributed by atoms with Gasteiger partial charge in [-0.3, -0.25) is 24.4 Å². The van der Waals surface area contributed by atoms with Crippen LogP contribution in [-0.4, -0.2) is 58.9 Å². The number of hydrogen-bond acceptors (Lipinski definition) is 5. The van der Waals surface area contributed by atoms with E-state index in [1.165, 1.54) is 4.90 Å². The number of rotatable bonds is 4. The van der Waals surface area contributed by atoms with Crippen molar-refractivity contribution in [2.75, 3.05) is 26.2 Å². The van der Waals surface area contributed by atoms with Gasteiger partial charge >= 0.3 is 0 Å². The second kappa shape index (κ2) is 6.80. The fourth-order valence-electron chi connectivity index (χ4n) is 3.58. The fourth-order valence-corrected chi connectivity index (χ4v) is 3.58. The summed E-state index contributed by atoms with van der Waals surface area (Å²) in [4.78, 5) is 31.8. The number of benzene rings is 1. The zero-order chi connectivity index (χ0) is 17.2. The monoisotopic (exact) mass is 339 g/mol. The summed E-state index contributed by atoms with van der Waals surface area (Å²) in [5, 5.41) is 1.00. The van der Waals surface area contributed by atoms with Crippen LogP contribution in [0, 0.1) is 0 Å². The Morgan fingerprint density at radius 1 is 1.24 bits per heavy atom. The summed E-state index contributed by atoms with van der Waals surface area (Å²) in [6, 6.07) is 9.80. The van der Waals surface area contributed by atoms with E-state index in [9.17, 15) is 9.59 Å². The molecule has 0 radical (unpaired) electrons. The molecule has 0 saturated carbocycles. The Bertz CT molecular complexity index is 802. The Balaban J connectivity index is 1.37. The molecule has 25 heavy (non-hydrogen) atoms. The number of pyridine rings is 1. The fraction of sp³-hybridized carbons (Fsp3) is 0.421. The normalized spacial score (nSPS) is 21.2. The van der Waals surface area contributed by atoms with Crippen LogP contribution in [0.1, 0.15) is 19.3 Å². The van der Waals surface area contributed by atoms with Crippen LogP contribution in [0.25, 0.3) is 10.9 Å². The molecule has 2 aromatic rings. The van der Waals surface area contributed by atoms with Gasteiger partial charge in [0.1, 0.15) is 11.9 Å². The van der Waals surface area contributed by atoms with Crippen LogP contribution in [0.2, 0.25) is 0 Å². The lowest BCUT2D eigenvalue weighted by atomic mass is 10.2. The van der Waals surface area contributed by atoms with Crippen molar-refractivity contribution in [2.24, 2.45) is 0 Å². The van der Waals surface area contributed by atoms with E-state index in [-0.39, 0.29) is 17.9 Å². The number of ether oxygens (including phenoxy) is 1. The highest BCUT2D eigenvalue weighted by Gasteiger charge is 2.31. The van der Waals surface area contributed by atoms with Crippen LogP contribution >= 0.6 is 0 Å². The molecule has 1 aromatic heterocycles. The maximum absolute atomic E-state index is 12.3. The van der Waals surface area contributed by atoms with E-state index < -0.39 is 0 Å². The predicted molar refractivity (Wildman–Crippen MR) is 93.2 cm³/mol. The van der Waals surface area contributed by atoms with Crippen LogP contribution < -0.4 is 4.74 Å². The topological polar surface area (TPSA) is 62.7 Å². The average Bonchev–Trinajstić information content (AvgIpc) is 3.24. The maximum Gasteiger partial charge on any atom is 0.243 e. The van der Waals surface area contributed by atoms with E-state index in [2.05, 4.69) is 9.88 Å². The van der Waals surface area contributed by atoms with Gasteiger partial charge in [-0.15, -0.1) is 0 Å². The molecule has 2 fully saturated rings. The molecule has 2 aliphatic rings. The molecule has 130 valence electrons. The number of imide groups is 1. The van der Waals surface area contributed by atoms with E-state index >= 15 is 0 Å². The van der Waals surface area contributed by atoms with Crippen molar-refractivity contribution in [1.29, 1.82) is 0 Å². The zero-order valence-electron chi connectivity index (χ0n) is 14.1. The third-order valence-corrected chi connectivity index (χ3v) is 4.87. The number of para-hydroxylation sites is 1. The van der Waals surface area contributed by atoms with Crippen molar-refractivity contribution in [2.45, 2.75) is 25.4 Å². The number of hydrogen-bond donors (Lipinski definition) is 0. The Labute approximate surface area is 146 Å². The molecule has 0 spiro atoms. The second-order valence-corrected chi connectivity index (χ2v) is 6.63. The number of carbonyl (C=O) groups is 2. The third kappa shape index (κ3) is 3.35. The summed E-state index contributed by atoms with van der Waals surface area (Å²) in [6.45, 7) is 2.36. The molecule has 4 rings (SSSR count). The third-order valence-electron chi connectivity index (χ3n) is 4.87. The summed E-state index contributed by atoms with van der Waals surface area (Å²) < 4.78 is 6.17. The molecular formula is C19H21N3O3. The molecule has 0 bridgehead atoms. The first-order valence-electron chi connectivity index (χ1n) is 8.76. The lowest BCUT2D eigenvalue weighted by molar-refractivity contribution is -0.142. The van der Waals surface area contributed by atoms with Gasteiger partial charge in [-0.25, -0.2) is 0 Å². The number of likely N-dealkylation sites (tertiary alicyclic amines) is 2. The Morgan fingerprint density at radius 3 is 2.96 bits per heavy atom. The van der Waals surface area contributed by atoms with Crippen LogP contribution in [0.4, 0.5) is 0 Å². The zero-order valence-corrected chi connectivity index (χ0v) is 14.1. The summed E-state index contributed by atoms with van der Waals surface area (Å²) in [5.74, 6) is 0.705. The van der Waals surface area contributed by atoms with Crippen LogP contribution in [-0.2, 0) is 9.59 Å². The number of aromatic nitrogens is 1. The van der Waals surface area contributed by atoms with Gasteiger partial charge in [0, 0.05) is 37.6 Å². The van der Waals surface area contributed by atoms with Crippen molar-refractivity contribution in [3.8, 4) is 5.75 Å². The van der Waals surface area contributed by atoms with Crippen LogP contribution in [0.3, 0.4) is 0 Å². The molecule has 6 heteroatoms. The molecule has 0 aliphatic carbocycles. The highest BCUT2D eigenvalue weighted by Crippen LogP contribution is 2.26. The minimum Gasteiger partial charge on any atom is -0.488 e. The van der Waals surface area contributed by atoms with Crippen molar-refractivity contribution in [3.05, 3.63) is 36.5 Å². The maximum atomic E-state index is 12.3. The van der Waals surface area contributed by atoms with Crippen molar-refractivity contribution in [1.82, 2.24) is 14.8 Å². The molecule has 6 nitrogen and oxygen atoms in total. The number of fused-ring (bicyclic) bond motifs is 1. The first-order valence-corrected chi connectivity index (χ1v) is 8.76. The van der Waals surface area contributed by atoms with Crippen molar-refractivity contribution < 1.29 is 14.3 Å². The molecule has 0 N–H and O–H groups in total. The number of carbonyl (C=O) groups excluding carboxylic acids is 2. The van der Waals surface area contributed by atoms with Gasteiger partial charge < -0.3 is 4.74 Å². The van der Waals surface area contributed by atoms with Gasteiger partial charge in [0.2, 0.25) is 11.8 Å². The molecule has 0 unspecified atom stereocenters. The largest absolute Gasteiger partial charge is 0.488 e. The molecular weight excluding hydrogens is 318 g/mol. The summed E-state index contributed by atoms with van der Waals surface area (Å²) in [7, 11) is 0. The lowest BCUT2D eigenvalue weighted by Gasteiger charge is -2.20. The predicted octanol–water partition coefficient (Wildman–Crippen LogP) is 1.84. The van der Waals surface area contributed by atoms with E-state index in [1.54, 1.807) is 6.20 Å². The molecule has 2 aliphatic heterocycles. The second-order valence-electron chi connectivity index (χ2n) is 6.63. The highest BCUT2D eigenvalue weighted by atomic mass is 16.5. The first kappa shape index (κ1) is 16.0. The SMILES string of the molecule is O=C1CCCN1C(=O)CN1CC[C@H](Oc2ccnc3ccccc23)C1. The summed E-state index contributed by atoms with van der Waals surface area (Å²) in [5.41, 5.74) is 0.914. The highest BCUT2D eigenvalue weighted by molar-refractivity contribution is 5.97. The van der Waals surface area contributed by atoms with E-state index in [0.717, 1.165) is 36.0 Å². The first-order chi connectivity index (χ1) is 12.2. The minimum atomic E-state index is -0.0856. The van der Waals surface area contributed by atoms with Gasteiger partial charge in [0.05, 0.1) is 12.1 Å². The number of nitrogens with zero attached hydrogens (tertiary/aromatic N) is 3. The van der Waals surface area contributed by atoms with Gasteiger partial charge in [-0.05, 0) is 31.0 Å². The Hall–Kier alpha value is -2.47. The van der Waals surface area contributed by atoms with E-state index in [0.29, 0.717) is 26.1 Å².